The van der Waals surface area contributed by atoms with Gasteiger partial charge in [0.2, 0.25) is 0 Å². The third-order valence-electron chi connectivity index (χ3n) is 6.68. The van der Waals surface area contributed by atoms with Crippen LogP contribution in [-0.2, 0) is 25.5 Å². The number of esters is 2. The average molecular weight is 436 g/mol. The molecule has 5 rings (SSSR count). The molecule has 0 radical (unpaired) electrons. The number of hydrogen-bond acceptors (Lipinski definition) is 7. The lowest BCUT2D eigenvalue weighted by atomic mass is 9.48. The zero-order chi connectivity index (χ0) is 21.5. The largest absolute Gasteiger partial charge is 0.462 e. The Balaban J connectivity index is 1.38. The molecule has 2 unspecified atom stereocenters. The highest BCUT2D eigenvalue weighted by atomic mass is 32.1. The van der Waals surface area contributed by atoms with Gasteiger partial charge in [-0.2, -0.15) is 0 Å². The number of amides is 1. The van der Waals surface area contributed by atoms with E-state index in [1.165, 1.54) is 11.3 Å². The zero-order valence-corrected chi connectivity index (χ0v) is 18.3. The second-order valence-electron chi connectivity index (χ2n) is 9.12. The van der Waals surface area contributed by atoms with Gasteiger partial charge < -0.3 is 19.9 Å². The Morgan fingerprint density at radius 3 is 2.47 bits per heavy atom. The molecule has 4 saturated carbocycles. The molecule has 8 heteroatoms. The van der Waals surface area contributed by atoms with Gasteiger partial charge in [0, 0.05) is 4.88 Å². The van der Waals surface area contributed by atoms with Gasteiger partial charge in [-0.15, -0.1) is 11.3 Å². The minimum Gasteiger partial charge on any atom is -0.462 e. The average Bonchev–Trinajstić information content (AvgIpc) is 3.07. The van der Waals surface area contributed by atoms with Crippen molar-refractivity contribution in [2.75, 3.05) is 18.5 Å². The van der Waals surface area contributed by atoms with E-state index in [0.29, 0.717) is 28.8 Å². The van der Waals surface area contributed by atoms with E-state index < -0.39 is 29.5 Å². The summed E-state index contributed by atoms with van der Waals surface area (Å²) in [5.41, 5.74) is -1.09. The smallest absolute Gasteiger partial charge is 0.341 e. The van der Waals surface area contributed by atoms with Crippen molar-refractivity contribution in [1.82, 2.24) is 0 Å². The molecule has 1 aromatic heterocycles. The van der Waals surface area contributed by atoms with E-state index >= 15 is 0 Å². The first-order chi connectivity index (χ1) is 14.3. The summed E-state index contributed by atoms with van der Waals surface area (Å²) >= 11 is 1.32. The predicted molar refractivity (Wildman–Crippen MR) is 111 cm³/mol. The highest BCUT2D eigenvalue weighted by molar-refractivity contribution is 7.16. The SMILES string of the molecule is CCOC(=O)c1cc(CC)sc1NC(=O)COC(=O)C12CC3CC(CC(O)(C3)C1)C2. The van der Waals surface area contributed by atoms with Crippen molar-refractivity contribution < 1.29 is 29.0 Å². The normalized spacial score (nSPS) is 31.4. The molecule has 0 spiro atoms. The standard InChI is InChI=1S/C22H29NO6S/c1-3-15-6-16(19(25)28-4-2)18(30-15)23-17(24)11-29-20(26)21-7-13-5-14(8-21)10-22(27,9-13)12-21/h6,13-14,27H,3-5,7-12H2,1-2H3,(H,23,24). The molecule has 2 N–H and O–H groups in total. The fraction of sp³-hybridized carbons (Fsp3) is 0.682. The molecule has 0 saturated heterocycles. The highest BCUT2D eigenvalue weighted by Crippen LogP contribution is 2.61. The summed E-state index contributed by atoms with van der Waals surface area (Å²) < 4.78 is 10.5. The summed E-state index contributed by atoms with van der Waals surface area (Å²) in [6.45, 7) is 3.53. The number of aryl methyl sites for hydroxylation is 1. The van der Waals surface area contributed by atoms with Gasteiger partial charge in [-0.1, -0.05) is 6.92 Å². The molecule has 4 aliphatic carbocycles. The second kappa shape index (κ2) is 7.96. The Hall–Kier alpha value is -1.93. The summed E-state index contributed by atoms with van der Waals surface area (Å²) in [5.74, 6) is -0.618. The van der Waals surface area contributed by atoms with Crippen LogP contribution in [0.4, 0.5) is 5.00 Å². The van der Waals surface area contributed by atoms with Gasteiger partial charge in [-0.3, -0.25) is 9.59 Å². The first-order valence-corrected chi connectivity index (χ1v) is 11.6. The minimum atomic E-state index is -0.757. The molecule has 0 aromatic carbocycles. The van der Waals surface area contributed by atoms with E-state index in [0.717, 1.165) is 43.4 Å². The second-order valence-corrected chi connectivity index (χ2v) is 10.3. The van der Waals surface area contributed by atoms with Crippen molar-refractivity contribution >= 4 is 34.2 Å². The molecule has 164 valence electrons. The number of nitrogens with one attached hydrogen (secondary N) is 1. The lowest BCUT2D eigenvalue weighted by Crippen LogP contribution is -2.58. The quantitative estimate of drug-likeness (QED) is 0.637. The monoisotopic (exact) mass is 435 g/mol. The Kier molecular flexibility index (Phi) is 5.66. The van der Waals surface area contributed by atoms with E-state index in [9.17, 15) is 19.5 Å². The number of rotatable bonds is 7. The maximum absolute atomic E-state index is 12.9. The van der Waals surface area contributed by atoms with E-state index in [-0.39, 0.29) is 12.6 Å². The zero-order valence-electron chi connectivity index (χ0n) is 17.5. The van der Waals surface area contributed by atoms with Crippen molar-refractivity contribution in [3.05, 3.63) is 16.5 Å². The van der Waals surface area contributed by atoms with Crippen LogP contribution in [0.3, 0.4) is 0 Å². The number of hydrogen-bond donors (Lipinski definition) is 2. The number of ether oxygens (including phenoxy) is 2. The van der Waals surface area contributed by atoms with Crippen LogP contribution in [0.2, 0.25) is 0 Å². The van der Waals surface area contributed by atoms with Crippen LogP contribution < -0.4 is 5.32 Å². The number of thiophene rings is 1. The van der Waals surface area contributed by atoms with Crippen LogP contribution in [0.1, 0.15) is 67.6 Å². The molecule has 4 bridgehead atoms. The Bertz CT molecular complexity index is 848. The highest BCUT2D eigenvalue weighted by Gasteiger charge is 2.60. The molecule has 4 aliphatic rings. The molecule has 1 heterocycles. The number of anilines is 1. The van der Waals surface area contributed by atoms with Crippen LogP contribution in [-0.4, -0.2) is 41.8 Å². The van der Waals surface area contributed by atoms with E-state index in [2.05, 4.69) is 5.32 Å². The Morgan fingerprint density at radius 2 is 1.87 bits per heavy atom. The summed E-state index contributed by atoms with van der Waals surface area (Å²) in [4.78, 5) is 38.5. The lowest BCUT2D eigenvalue weighted by molar-refractivity contribution is -0.196. The lowest BCUT2D eigenvalue weighted by Gasteiger charge is -2.58. The summed E-state index contributed by atoms with van der Waals surface area (Å²) in [7, 11) is 0. The molecule has 30 heavy (non-hydrogen) atoms. The van der Waals surface area contributed by atoms with E-state index in [4.69, 9.17) is 9.47 Å². The van der Waals surface area contributed by atoms with Crippen LogP contribution in [0, 0.1) is 17.3 Å². The molecular formula is C22H29NO6S. The molecule has 2 atom stereocenters. The maximum atomic E-state index is 12.9. The van der Waals surface area contributed by atoms with Gasteiger partial charge in [-0.25, -0.2) is 4.79 Å². The minimum absolute atomic E-state index is 0.248. The van der Waals surface area contributed by atoms with Gasteiger partial charge >= 0.3 is 11.9 Å². The predicted octanol–water partition coefficient (Wildman–Crippen LogP) is 3.30. The molecule has 7 nitrogen and oxygen atoms in total. The Morgan fingerprint density at radius 1 is 1.17 bits per heavy atom. The molecular weight excluding hydrogens is 406 g/mol. The topological polar surface area (TPSA) is 102 Å². The first-order valence-electron chi connectivity index (χ1n) is 10.7. The van der Waals surface area contributed by atoms with Gasteiger partial charge in [-0.05, 0) is 69.8 Å². The molecule has 1 amide bonds. The molecule has 0 aliphatic heterocycles. The summed E-state index contributed by atoms with van der Waals surface area (Å²) in [5, 5.41) is 13.9. The van der Waals surface area contributed by atoms with Crippen molar-refractivity contribution in [2.24, 2.45) is 17.3 Å². The number of aliphatic hydroxyl groups is 1. The van der Waals surface area contributed by atoms with Gasteiger partial charge in [0.25, 0.3) is 5.91 Å². The number of carbonyl (C=O) groups is 3. The Labute approximate surface area is 180 Å². The maximum Gasteiger partial charge on any atom is 0.341 e. The van der Waals surface area contributed by atoms with Crippen LogP contribution in [0.5, 0.6) is 0 Å². The summed E-state index contributed by atoms with van der Waals surface area (Å²) in [6.07, 6.45) is 5.27. The molecule has 1 aromatic rings. The van der Waals surface area contributed by atoms with Gasteiger partial charge in [0.05, 0.1) is 23.2 Å². The van der Waals surface area contributed by atoms with Crippen molar-refractivity contribution in [2.45, 2.75) is 64.4 Å². The van der Waals surface area contributed by atoms with E-state index in [1.54, 1.807) is 13.0 Å². The number of carbonyl (C=O) groups excluding carboxylic acids is 3. The van der Waals surface area contributed by atoms with Gasteiger partial charge in [0.15, 0.2) is 6.61 Å². The third-order valence-corrected chi connectivity index (χ3v) is 7.87. The first kappa shape index (κ1) is 21.3. The fourth-order valence-corrected chi connectivity index (χ4v) is 6.97. The van der Waals surface area contributed by atoms with Crippen LogP contribution in [0.15, 0.2) is 6.07 Å². The van der Waals surface area contributed by atoms with Crippen molar-refractivity contribution in [3.8, 4) is 0 Å². The fourth-order valence-electron chi connectivity index (χ4n) is 5.97. The van der Waals surface area contributed by atoms with E-state index in [1.807, 2.05) is 6.92 Å². The molecule has 4 fully saturated rings. The van der Waals surface area contributed by atoms with Crippen molar-refractivity contribution in [1.29, 1.82) is 0 Å². The van der Waals surface area contributed by atoms with Gasteiger partial charge in [0.1, 0.15) is 5.00 Å². The van der Waals surface area contributed by atoms with Crippen molar-refractivity contribution in [3.63, 3.8) is 0 Å². The van der Waals surface area contributed by atoms with Crippen LogP contribution in [0.25, 0.3) is 0 Å². The van der Waals surface area contributed by atoms with Crippen LogP contribution >= 0.6 is 11.3 Å². The summed E-state index contributed by atoms with van der Waals surface area (Å²) in [6, 6.07) is 1.72. The third kappa shape index (κ3) is 3.99.